The first-order valence-electron chi connectivity index (χ1n) is 9.13. The van der Waals surface area contributed by atoms with Crippen LogP contribution < -0.4 is 10.6 Å². The number of nitrogens with one attached hydrogen (secondary N) is 2. The van der Waals surface area contributed by atoms with Crippen LogP contribution in [0.3, 0.4) is 0 Å². The molecule has 2 N–H and O–H groups in total. The topological polar surface area (TPSA) is 75.3 Å². The van der Waals surface area contributed by atoms with E-state index in [4.69, 9.17) is 0 Å². The van der Waals surface area contributed by atoms with Gasteiger partial charge in [-0.05, 0) is 18.8 Å². The molecule has 0 rings (SSSR count). The van der Waals surface area contributed by atoms with E-state index >= 15 is 0 Å². The Morgan fingerprint density at radius 1 is 0.958 bits per heavy atom. The number of carbonyl (C=O) groups is 3. The van der Waals surface area contributed by atoms with Crippen LogP contribution in [0.25, 0.3) is 0 Å². The van der Waals surface area contributed by atoms with Crippen molar-refractivity contribution in [3.8, 4) is 0 Å². The highest BCUT2D eigenvalue weighted by atomic mass is 16.1. The van der Waals surface area contributed by atoms with Gasteiger partial charge in [0.25, 0.3) is 0 Å². The normalized spacial score (nSPS) is 14.1. The molecule has 0 saturated heterocycles. The van der Waals surface area contributed by atoms with E-state index in [1.807, 2.05) is 41.5 Å². The van der Waals surface area contributed by atoms with Crippen LogP contribution in [0.5, 0.6) is 0 Å². The van der Waals surface area contributed by atoms with Crippen molar-refractivity contribution in [2.45, 2.75) is 79.8 Å². The molecule has 0 aromatic carbocycles. The second-order valence-corrected chi connectivity index (χ2v) is 7.59. The van der Waals surface area contributed by atoms with Gasteiger partial charge >= 0.3 is 0 Å². The number of carbonyl (C=O) groups excluding carboxylic acids is 3. The van der Waals surface area contributed by atoms with Crippen LogP contribution in [0.4, 0.5) is 0 Å². The van der Waals surface area contributed by atoms with Crippen LogP contribution >= 0.6 is 0 Å². The van der Waals surface area contributed by atoms with Gasteiger partial charge in [0.05, 0.1) is 6.04 Å². The maximum atomic E-state index is 12.7. The van der Waals surface area contributed by atoms with Gasteiger partial charge in [0.2, 0.25) is 5.91 Å². The molecule has 0 aromatic rings. The van der Waals surface area contributed by atoms with Gasteiger partial charge in [-0.3, -0.25) is 14.4 Å². The molecule has 0 unspecified atom stereocenters. The van der Waals surface area contributed by atoms with E-state index in [0.717, 1.165) is 0 Å². The standard InChI is InChI=1S/C19H36N2O3/c1-12(2)18(21-14(5)6)17(23)11-16(19(24)13(3)4)9-8-10-20-15(7)22/h12-14,16,18,21H,8-11H2,1-7H3,(H,20,22)/t16-,18+/m1/s1. The molecule has 0 radical (unpaired) electrons. The zero-order chi connectivity index (χ0) is 18.9. The van der Waals surface area contributed by atoms with Gasteiger partial charge in [-0.2, -0.15) is 0 Å². The van der Waals surface area contributed by atoms with Crippen molar-refractivity contribution in [1.82, 2.24) is 10.6 Å². The predicted octanol–water partition coefficient (Wildman–Crippen LogP) is 2.73. The van der Waals surface area contributed by atoms with E-state index in [9.17, 15) is 14.4 Å². The average molecular weight is 341 g/mol. The molecular formula is C19H36N2O3. The second kappa shape index (κ2) is 11.3. The molecule has 0 spiro atoms. The Balaban J connectivity index is 4.85. The Kier molecular flexibility index (Phi) is 10.8. The van der Waals surface area contributed by atoms with Crippen molar-refractivity contribution in [2.24, 2.45) is 17.8 Å². The quantitative estimate of drug-likeness (QED) is 0.536. The van der Waals surface area contributed by atoms with Crippen LogP contribution in [-0.4, -0.2) is 36.1 Å². The average Bonchev–Trinajstić information content (AvgIpc) is 2.45. The molecule has 0 bridgehead atoms. The highest BCUT2D eigenvalue weighted by Crippen LogP contribution is 2.20. The summed E-state index contributed by atoms with van der Waals surface area (Å²) in [5.74, 6) is 0.0175. The van der Waals surface area contributed by atoms with Gasteiger partial charge in [0.1, 0.15) is 5.78 Å². The maximum absolute atomic E-state index is 12.7. The van der Waals surface area contributed by atoms with Gasteiger partial charge in [-0.25, -0.2) is 0 Å². The Bertz CT molecular complexity index is 417. The van der Waals surface area contributed by atoms with Crippen molar-refractivity contribution in [3.63, 3.8) is 0 Å². The molecule has 0 fully saturated rings. The number of Topliss-reactive ketones (excluding diaryl/α,β-unsaturated/α-hetero) is 2. The van der Waals surface area contributed by atoms with Crippen molar-refractivity contribution in [2.75, 3.05) is 6.54 Å². The van der Waals surface area contributed by atoms with Crippen molar-refractivity contribution < 1.29 is 14.4 Å². The van der Waals surface area contributed by atoms with Crippen LogP contribution in [0.2, 0.25) is 0 Å². The van der Waals surface area contributed by atoms with Crippen molar-refractivity contribution in [1.29, 1.82) is 0 Å². The second-order valence-electron chi connectivity index (χ2n) is 7.59. The minimum atomic E-state index is -0.263. The first-order valence-corrected chi connectivity index (χ1v) is 9.13. The molecule has 0 heterocycles. The Labute approximate surface area is 147 Å². The Morgan fingerprint density at radius 3 is 1.96 bits per heavy atom. The summed E-state index contributed by atoms with van der Waals surface area (Å²) in [5, 5.41) is 6.06. The van der Waals surface area contributed by atoms with E-state index in [2.05, 4.69) is 10.6 Å². The highest BCUT2D eigenvalue weighted by molar-refractivity contribution is 5.91. The van der Waals surface area contributed by atoms with Gasteiger partial charge < -0.3 is 10.6 Å². The molecule has 1 amide bonds. The first kappa shape index (κ1) is 22.8. The Morgan fingerprint density at radius 2 is 1.54 bits per heavy atom. The lowest BCUT2D eigenvalue weighted by molar-refractivity contribution is -0.131. The van der Waals surface area contributed by atoms with Gasteiger partial charge in [-0.1, -0.05) is 41.5 Å². The van der Waals surface area contributed by atoms with E-state index in [0.29, 0.717) is 19.4 Å². The molecule has 0 aliphatic heterocycles. The molecule has 5 heteroatoms. The smallest absolute Gasteiger partial charge is 0.216 e. The lowest BCUT2D eigenvalue weighted by Gasteiger charge is -2.26. The van der Waals surface area contributed by atoms with Gasteiger partial charge in [-0.15, -0.1) is 0 Å². The lowest BCUT2D eigenvalue weighted by atomic mass is 9.84. The summed E-state index contributed by atoms with van der Waals surface area (Å²) >= 11 is 0. The van der Waals surface area contributed by atoms with Crippen molar-refractivity contribution >= 4 is 17.5 Å². The van der Waals surface area contributed by atoms with Crippen LogP contribution in [0.1, 0.15) is 67.7 Å². The minimum absolute atomic E-state index is 0.0705. The fourth-order valence-electron chi connectivity index (χ4n) is 2.82. The molecule has 24 heavy (non-hydrogen) atoms. The summed E-state index contributed by atoms with van der Waals surface area (Å²) in [6.07, 6.45) is 1.62. The zero-order valence-electron chi connectivity index (χ0n) is 16.4. The number of amides is 1. The van der Waals surface area contributed by atoms with E-state index < -0.39 is 0 Å². The summed E-state index contributed by atoms with van der Waals surface area (Å²) in [7, 11) is 0. The van der Waals surface area contributed by atoms with E-state index in [1.54, 1.807) is 0 Å². The fourth-order valence-corrected chi connectivity index (χ4v) is 2.82. The molecule has 140 valence electrons. The van der Waals surface area contributed by atoms with Crippen LogP contribution in [0, 0.1) is 17.8 Å². The Hall–Kier alpha value is -1.23. The number of hydrogen-bond donors (Lipinski definition) is 2. The third-order valence-corrected chi connectivity index (χ3v) is 4.05. The summed E-state index contributed by atoms with van der Waals surface area (Å²) in [6, 6.07) is 0.00294. The largest absolute Gasteiger partial charge is 0.356 e. The SMILES string of the molecule is CC(=O)NCCC[C@H](CC(=O)[C@@H](NC(C)C)C(C)C)C(=O)C(C)C. The number of rotatable bonds is 12. The molecule has 0 aliphatic rings. The molecular weight excluding hydrogens is 304 g/mol. The molecule has 0 aromatic heterocycles. The predicted molar refractivity (Wildman–Crippen MR) is 97.8 cm³/mol. The summed E-state index contributed by atoms with van der Waals surface area (Å²) in [6.45, 7) is 13.9. The minimum Gasteiger partial charge on any atom is -0.356 e. The monoisotopic (exact) mass is 340 g/mol. The van der Waals surface area contributed by atoms with Crippen LogP contribution in [-0.2, 0) is 14.4 Å². The van der Waals surface area contributed by atoms with E-state index in [1.165, 1.54) is 6.92 Å². The zero-order valence-corrected chi connectivity index (χ0v) is 16.4. The summed E-state index contributed by atoms with van der Waals surface area (Å²) in [4.78, 5) is 36.1. The van der Waals surface area contributed by atoms with Crippen molar-refractivity contribution in [3.05, 3.63) is 0 Å². The first-order chi connectivity index (χ1) is 11.1. The fraction of sp³-hybridized carbons (Fsp3) is 0.842. The van der Waals surface area contributed by atoms with Gasteiger partial charge in [0, 0.05) is 37.8 Å². The van der Waals surface area contributed by atoms with Gasteiger partial charge in [0.15, 0.2) is 5.78 Å². The number of hydrogen-bond acceptors (Lipinski definition) is 4. The molecule has 5 nitrogen and oxygen atoms in total. The third kappa shape index (κ3) is 9.16. The summed E-state index contributed by atoms with van der Waals surface area (Å²) in [5.41, 5.74) is 0. The highest BCUT2D eigenvalue weighted by Gasteiger charge is 2.29. The molecule has 2 atom stereocenters. The third-order valence-electron chi connectivity index (χ3n) is 4.05. The maximum Gasteiger partial charge on any atom is 0.216 e. The lowest BCUT2D eigenvalue weighted by Crippen LogP contribution is -2.45. The van der Waals surface area contributed by atoms with Crippen LogP contribution in [0.15, 0.2) is 0 Å². The van der Waals surface area contributed by atoms with E-state index in [-0.39, 0.29) is 53.7 Å². The number of ketones is 2. The molecule has 0 saturated carbocycles. The summed E-state index contributed by atoms with van der Waals surface area (Å²) < 4.78 is 0. The molecule has 0 aliphatic carbocycles.